The van der Waals surface area contributed by atoms with Gasteiger partial charge in [0.2, 0.25) is 10.0 Å². The summed E-state index contributed by atoms with van der Waals surface area (Å²) in [5.41, 5.74) is 6.08. The van der Waals surface area contributed by atoms with E-state index in [0.29, 0.717) is 24.9 Å². The molecule has 0 aliphatic heterocycles. The van der Waals surface area contributed by atoms with Crippen molar-refractivity contribution in [2.45, 2.75) is 30.6 Å². The van der Waals surface area contributed by atoms with E-state index in [1.807, 2.05) is 0 Å². The number of halogens is 1. The van der Waals surface area contributed by atoms with Gasteiger partial charge in [0.15, 0.2) is 0 Å². The summed E-state index contributed by atoms with van der Waals surface area (Å²) in [6.45, 7) is 1.20. The monoisotopic (exact) mass is 314 g/mol. The summed E-state index contributed by atoms with van der Waals surface area (Å²) in [4.78, 5) is 0.0722. The minimum absolute atomic E-state index is 0.0722. The molecule has 0 radical (unpaired) electrons. The molecule has 0 saturated heterocycles. The standard InChI is InChI=1S/C14H19ClN2O2S/c15-12-2-1-3-13(16)14(12)20(18,19)17(8-10-4-5-10)9-11-6-7-11/h1-3,10-11H,4-9,16H2. The van der Waals surface area contributed by atoms with Crippen LogP contribution in [0.2, 0.25) is 5.02 Å². The second kappa shape index (κ2) is 5.20. The van der Waals surface area contributed by atoms with E-state index in [1.165, 1.54) is 0 Å². The summed E-state index contributed by atoms with van der Waals surface area (Å²) >= 11 is 6.08. The predicted molar refractivity (Wildman–Crippen MR) is 80.1 cm³/mol. The van der Waals surface area contributed by atoms with E-state index < -0.39 is 10.0 Å². The maximum absolute atomic E-state index is 12.9. The number of hydrogen-bond donors (Lipinski definition) is 1. The van der Waals surface area contributed by atoms with Gasteiger partial charge in [-0.2, -0.15) is 4.31 Å². The molecule has 4 nitrogen and oxygen atoms in total. The van der Waals surface area contributed by atoms with Gasteiger partial charge in [-0.25, -0.2) is 8.42 Å². The molecule has 0 aromatic heterocycles. The lowest BCUT2D eigenvalue weighted by Gasteiger charge is -2.23. The normalized spacial score (nSPS) is 19.5. The van der Waals surface area contributed by atoms with E-state index in [0.717, 1.165) is 25.7 Å². The van der Waals surface area contributed by atoms with Crippen LogP contribution < -0.4 is 5.73 Å². The van der Waals surface area contributed by atoms with Crippen molar-refractivity contribution in [1.29, 1.82) is 0 Å². The highest BCUT2D eigenvalue weighted by atomic mass is 35.5. The number of nitrogens with zero attached hydrogens (tertiary/aromatic N) is 1. The Bertz CT molecular complexity index is 575. The van der Waals surface area contributed by atoms with Gasteiger partial charge in [0.1, 0.15) is 4.90 Å². The number of benzene rings is 1. The fourth-order valence-corrected chi connectivity index (χ4v) is 4.60. The first-order valence-electron chi connectivity index (χ1n) is 7.02. The molecule has 110 valence electrons. The van der Waals surface area contributed by atoms with Crippen LogP contribution in [-0.4, -0.2) is 25.8 Å². The minimum atomic E-state index is -3.60. The third-order valence-electron chi connectivity index (χ3n) is 3.91. The Kier molecular flexibility index (Phi) is 3.69. The molecule has 2 aliphatic carbocycles. The summed E-state index contributed by atoms with van der Waals surface area (Å²) in [5.74, 6) is 1.01. The van der Waals surface area contributed by atoms with Gasteiger partial charge in [-0.05, 0) is 49.7 Å². The van der Waals surface area contributed by atoms with Crippen molar-refractivity contribution >= 4 is 27.3 Å². The van der Waals surface area contributed by atoms with E-state index in [9.17, 15) is 8.42 Å². The van der Waals surface area contributed by atoms with Crippen molar-refractivity contribution in [1.82, 2.24) is 4.31 Å². The van der Waals surface area contributed by atoms with Crippen LogP contribution in [0.15, 0.2) is 23.1 Å². The molecule has 1 aromatic carbocycles. The van der Waals surface area contributed by atoms with Crippen LogP contribution in [0.25, 0.3) is 0 Å². The summed E-state index contributed by atoms with van der Waals surface area (Å²) < 4.78 is 27.3. The van der Waals surface area contributed by atoms with Crippen molar-refractivity contribution in [2.75, 3.05) is 18.8 Å². The van der Waals surface area contributed by atoms with E-state index in [4.69, 9.17) is 17.3 Å². The lowest BCUT2D eigenvalue weighted by atomic mass is 10.3. The Morgan fingerprint density at radius 3 is 2.15 bits per heavy atom. The van der Waals surface area contributed by atoms with Crippen LogP contribution in [0.4, 0.5) is 5.69 Å². The zero-order chi connectivity index (χ0) is 14.3. The summed E-state index contributed by atoms with van der Waals surface area (Å²) in [6.07, 6.45) is 4.48. The number of nitrogens with two attached hydrogens (primary N) is 1. The molecule has 20 heavy (non-hydrogen) atoms. The lowest BCUT2D eigenvalue weighted by Crippen LogP contribution is -2.35. The first-order chi connectivity index (χ1) is 9.48. The largest absolute Gasteiger partial charge is 0.398 e. The number of rotatable bonds is 6. The van der Waals surface area contributed by atoms with Crippen LogP contribution in [0, 0.1) is 11.8 Å². The first-order valence-corrected chi connectivity index (χ1v) is 8.84. The van der Waals surface area contributed by atoms with E-state index in [2.05, 4.69) is 0 Å². The summed E-state index contributed by atoms with van der Waals surface area (Å²) in [7, 11) is -3.60. The molecule has 0 unspecified atom stereocenters. The Hall–Kier alpha value is -0.780. The maximum atomic E-state index is 12.9. The van der Waals surface area contributed by atoms with Crippen molar-refractivity contribution in [3.8, 4) is 0 Å². The van der Waals surface area contributed by atoms with Gasteiger partial charge in [-0.3, -0.25) is 0 Å². The molecular formula is C14H19ClN2O2S. The minimum Gasteiger partial charge on any atom is -0.398 e. The Balaban J connectivity index is 1.93. The molecule has 0 spiro atoms. The number of nitrogen functional groups attached to an aromatic ring is 1. The molecule has 2 fully saturated rings. The average Bonchev–Trinajstić information content (AvgIpc) is 3.22. The molecule has 2 N–H and O–H groups in total. The van der Waals surface area contributed by atoms with Crippen molar-refractivity contribution < 1.29 is 8.42 Å². The summed E-state index contributed by atoms with van der Waals surface area (Å²) in [6, 6.07) is 4.84. The lowest BCUT2D eigenvalue weighted by molar-refractivity contribution is 0.382. The summed E-state index contributed by atoms with van der Waals surface area (Å²) in [5, 5.41) is 0.210. The Morgan fingerprint density at radius 1 is 1.15 bits per heavy atom. The number of sulfonamides is 1. The van der Waals surface area contributed by atoms with Crippen LogP contribution in [0.1, 0.15) is 25.7 Å². The van der Waals surface area contributed by atoms with Gasteiger partial charge in [0.25, 0.3) is 0 Å². The van der Waals surface area contributed by atoms with E-state index >= 15 is 0 Å². The highest BCUT2D eigenvalue weighted by Crippen LogP contribution is 2.38. The molecule has 2 saturated carbocycles. The number of hydrogen-bond acceptors (Lipinski definition) is 3. The van der Waals surface area contributed by atoms with Crippen LogP contribution in [0.3, 0.4) is 0 Å². The smallest absolute Gasteiger partial charge is 0.246 e. The van der Waals surface area contributed by atoms with Crippen molar-refractivity contribution in [2.24, 2.45) is 11.8 Å². The number of anilines is 1. The second-order valence-electron chi connectivity index (χ2n) is 5.87. The molecule has 1 aromatic rings. The van der Waals surface area contributed by atoms with Gasteiger partial charge in [-0.15, -0.1) is 0 Å². The Morgan fingerprint density at radius 2 is 1.70 bits per heavy atom. The molecule has 0 bridgehead atoms. The van der Waals surface area contributed by atoms with E-state index in [1.54, 1.807) is 22.5 Å². The third kappa shape index (κ3) is 2.95. The maximum Gasteiger partial charge on any atom is 0.246 e. The highest BCUT2D eigenvalue weighted by Gasteiger charge is 2.37. The van der Waals surface area contributed by atoms with Gasteiger partial charge in [0.05, 0.1) is 10.7 Å². The van der Waals surface area contributed by atoms with Gasteiger partial charge >= 0.3 is 0 Å². The quantitative estimate of drug-likeness (QED) is 0.821. The zero-order valence-electron chi connectivity index (χ0n) is 11.3. The molecule has 2 aliphatic rings. The molecule has 6 heteroatoms. The predicted octanol–water partition coefficient (Wildman–Crippen LogP) is 2.73. The van der Waals surface area contributed by atoms with Crippen molar-refractivity contribution in [3.63, 3.8) is 0 Å². The molecule has 0 amide bonds. The molecule has 3 rings (SSSR count). The Labute approximate surface area is 125 Å². The van der Waals surface area contributed by atoms with Gasteiger partial charge in [0, 0.05) is 13.1 Å². The van der Waals surface area contributed by atoms with Gasteiger partial charge in [-0.1, -0.05) is 17.7 Å². The van der Waals surface area contributed by atoms with Crippen molar-refractivity contribution in [3.05, 3.63) is 23.2 Å². The van der Waals surface area contributed by atoms with Crippen LogP contribution in [0.5, 0.6) is 0 Å². The first kappa shape index (κ1) is 14.2. The third-order valence-corrected chi connectivity index (χ3v) is 6.29. The topological polar surface area (TPSA) is 63.4 Å². The molecular weight excluding hydrogens is 296 g/mol. The fourth-order valence-electron chi connectivity index (χ4n) is 2.37. The SMILES string of the molecule is Nc1cccc(Cl)c1S(=O)(=O)N(CC1CC1)CC1CC1. The van der Waals surface area contributed by atoms with Crippen LogP contribution >= 0.6 is 11.6 Å². The second-order valence-corrected chi connectivity index (χ2v) is 8.15. The molecule has 0 atom stereocenters. The fraction of sp³-hybridized carbons (Fsp3) is 0.571. The molecule has 0 heterocycles. The zero-order valence-corrected chi connectivity index (χ0v) is 12.8. The van der Waals surface area contributed by atoms with Crippen LogP contribution in [-0.2, 0) is 10.0 Å². The van der Waals surface area contributed by atoms with Gasteiger partial charge < -0.3 is 5.73 Å². The van der Waals surface area contributed by atoms with E-state index in [-0.39, 0.29) is 15.6 Å². The highest BCUT2D eigenvalue weighted by molar-refractivity contribution is 7.89. The average molecular weight is 315 g/mol.